The molecule has 2 aromatic carbocycles. The Labute approximate surface area is 278 Å². The molecule has 0 radical (unpaired) electrons. The number of nitrogens with one attached hydrogen (secondary N) is 1. The predicted molar refractivity (Wildman–Crippen MR) is 182 cm³/mol. The molecule has 5 rings (SSSR count). The van der Waals surface area contributed by atoms with Gasteiger partial charge in [0, 0.05) is 19.5 Å². The van der Waals surface area contributed by atoms with Crippen molar-refractivity contribution in [1.82, 2.24) is 24.6 Å². The van der Waals surface area contributed by atoms with Gasteiger partial charge in [0.05, 0.1) is 19.5 Å². The van der Waals surface area contributed by atoms with E-state index in [0.29, 0.717) is 28.6 Å². The van der Waals surface area contributed by atoms with Gasteiger partial charge >= 0.3 is 12.6 Å². The molecule has 1 aliphatic heterocycles. The minimum absolute atomic E-state index is 0.202. The highest BCUT2D eigenvalue weighted by atomic mass is 32.5. The summed E-state index contributed by atoms with van der Waals surface area (Å²) in [6, 6.07) is 12.2. The van der Waals surface area contributed by atoms with Crippen LogP contribution in [-0.2, 0) is 30.6 Å². The van der Waals surface area contributed by atoms with Crippen LogP contribution in [0.25, 0.3) is 21.9 Å². The number of fused-ring (bicyclic) bond motifs is 2. The zero-order valence-electron chi connectivity index (χ0n) is 27.8. The van der Waals surface area contributed by atoms with E-state index in [1.165, 1.54) is 17.8 Å². The van der Waals surface area contributed by atoms with E-state index >= 15 is 4.39 Å². The maximum Gasteiger partial charge on any atom is 0.323 e. The summed E-state index contributed by atoms with van der Waals surface area (Å²) in [5.41, 5.74) is -1.69. The summed E-state index contributed by atoms with van der Waals surface area (Å²) >= 11 is 5.94. The average Bonchev–Trinajstić information content (AvgIpc) is 3.51. The van der Waals surface area contributed by atoms with Gasteiger partial charge in [-0.1, -0.05) is 57.2 Å². The van der Waals surface area contributed by atoms with Crippen LogP contribution in [0.3, 0.4) is 0 Å². The molecular weight excluding hydrogens is 646 g/mol. The Balaban J connectivity index is 1.41. The molecule has 4 aromatic rings. The molecule has 2 aromatic heterocycles. The fraction of sp³-hybridized carbons (Fsp3) is 0.500. The molecule has 0 bridgehead atoms. The smallest absolute Gasteiger partial charge is 0.323 e. The minimum atomic E-state index is -3.56. The lowest BCUT2D eigenvalue weighted by atomic mass is 9.98. The van der Waals surface area contributed by atoms with E-state index in [2.05, 4.69) is 20.0 Å². The van der Waals surface area contributed by atoms with E-state index in [4.69, 9.17) is 30.3 Å². The van der Waals surface area contributed by atoms with Gasteiger partial charge in [-0.15, -0.1) is 0 Å². The number of aliphatic hydroxyl groups excluding tert-OH is 1. The van der Waals surface area contributed by atoms with Crippen molar-refractivity contribution in [2.24, 2.45) is 5.41 Å². The zero-order valence-corrected chi connectivity index (χ0v) is 29.5. The number of hydrogen-bond acceptors (Lipinski definition) is 11. The molecule has 2 N–H and O–H groups in total. The Morgan fingerprint density at radius 1 is 1.23 bits per heavy atom. The summed E-state index contributed by atoms with van der Waals surface area (Å²) in [4.78, 5) is 28.1. The number of carbonyl (C=O) groups excluding carboxylic acids is 1. The number of nitrogens with zero attached hydrogens (tertiary/aromatic N) is 5. The molecular formula is C32H42FN6O6PS. The number of aliphatic hydroxyl groups is 1. The lowest BCUT2D eigenvalue weighted by Crippen LogP contribution is -2.41. The first-order valence-corrected chi connectivity index (χ1v) is 17.9. The molecule has 0 saturated carbocycles. The first-order chi connectivity index (χ1) is 22.0. The number of hydrogen-bond donors (Lipinski definition) is 2. The van der Waals surface area contributed by atoms with Crippen LogP contribution in [0.4, 0.5) is 10.2 Å². The molecule has 47 heavy (non-hydrogen) atoms. The summed E-state index contributed by atoms with van der Waals surface area (Å²) in [6.07, 6.45) is -2.65. The number of benzene rings is 2. The standard InChI is InChI=1S/C32H42FN6O6PS/c1-19(29(41)42-17-31(3,4)5)37-46(47,45-23-15-11-13-21-12-9-10-14-22(21)23)43-16-24-26(40)32(6,33)30(44-24)39-18-34-25-27(38(7)8)35-20(2)36-28(25)39/h9-15,18-19,24,26,30,40H,16-17H2,1-8H3,(H,37,47)/t19-,24-,26-,30-,32-,46+/m1/s1. The molecule has 1 fully saturated rings. The van der Waals surface area contributed by atoms with Crippen molar-refractivity contribution in [3.05, 3.63) is 54.6 Å². The Morgan fingerprint density at radius 3 is 2.64 bits per heavy atom. The molecule has 1 saturated heterocycles. The second-order valence-electron chi connectivity index (χ2n) is 13.3. The van der Waals surface area contributed by atoms with Gasteiger partial charge in [0.25, 0.3) is 0 Å². The third-order valence-electron chi connectivity index (χ3n) is 7.64. The van der Waals surface area contributed by atoms with Gasteiger partial charge in [0.1, 0.15) is 29.8 Å². The molecule has 0 aliphatic carbocycles. The Bertz CT molecular complexity index is 1810. The van der Waals surface area contributed by atoms with Gasteiger partial charge in [-0.05, 0) is 49.4 Å². The van der Waals surface area contributed by atoms with Crippen molar-refractivity contribution >= 4 is 52.2 Å². The highest BCUT2D eigenvalue weighted by molar-refractivity contribution is 8.09. The summed E-state index contributed by atoms with van der Waals surface area (Å²) in [6.45, 7) is 6.75. The van der Waals surface area contributed by atoms with Crippen molar-refractivity contribution in [3.63, 3.8) is 0 Å². The largest absolute Gasteiger partial charge is 0.464 e. The third kappa shape index (κ3) is 7.58. The van der Waals surface area contributed by atoms with Crippen LogP contribution in [0.2, 0.25) is 0 Å². The topological polar surface area (TPSA) is 133 Å². The molecule has 12 nitrogen and oxygen atoms in total. The summed E-state index contributed by atoms with van der Waals surface area (Å²) in [5.74, 6) is 0.938. The van der Waals surface area contributed by atoms with Crippen LogP contribution in [-0.4, -0.2) is 81.8 Å². The van der Waals surface area contributed by atoms with Crippen molar-refractivity contribution in [2.75, 3.05) is 32.2 Å². The number of imidazole rings is 1. The lowest BCUT2D eigenvalue weighted by Gasteiger charge is -2.29. The molecule has 0 amide bonds. The van der Waals surface area contributed by atoms with Crippen LogP contribution in [0.1, 0.15) is 46.7 Å². The van der Waals surface area contributed by atoms with Crippen molar-refractivity contribution in [2.45, 2.75) is 71.7 Å². The van der Waals surface area contributed by atoms with Crippen molar-refractivity contribution < 1.29 is 32.8 Å². The Kier molecular flexibility index (Phi) is 9.94. The number of anilines is 1. The van der Waals surface area contributed by atoms with E-state index in [-0.39, 0.29) is 18.6 Å². The lowest BCUT2D eigenvalue weighted by molar-refractivity contribution is -0.148. The van der Waals surface area contributed by atoms with Gasteiger partial charge in [0.2, 0.25) is 0 Å². The molecule has 3 heterocycles. The number of aryl methyl sites for hydroxylation is 1. The number of alkyl halides is 1. The third-order valence-corrected chi connectivity index (χ3v) is 10.1. The normalized spacial score (nSPS) is 23.5. The van der Waals surface area contributed by atoms with E-state index in [1.807, 2.05) is 71.3 Å². The highest BCUT2D eigenvalue weighted by Gasteiger charge is 2.56. The fourth-order valence-corrected chi connectivity index (χ4v) is 7.63. The monoisotopic (exact) mass is 688 g/mol. The Morgan fingerprint density at radius 2 is 1.94 bits per heavy atom. The van der Waals surface area contributed by atoms with Crippen LogP contribution < -0.4 is 14.5 Å². The number of aromatic nitrogens is 4. The first kappa shape index (κ1) is 35.1. The predicted octanol–water partition coefficient (Wildman–Crippen LogP) is 5.23. The molecule has 0 unspecified atom stereocenters. The highest BCUT2D eigenvalue weighted by Crippen LogP contribution is 2.49. The van der Waals surface area contributed by atoms with Gasteiger partial charge in [-0.25, -0.2) is 24.4 Å². The second-order valence-corrected chi connectivity index (χ2v) is 16.5. The first-order valence-electron chi connectivity index (χ1n) is 15.3. The minimum Gasteiger partial charge on any atom is -0.464 e. The Hall–Kier alpha value is -3.26. The van der Waals surface area contributed by atoms with Crippen LogP contribution in [0.5, 0.6) is 5.75 Å². The summed E-state index contributed by atoms with van der Waals surface area (Å²) in [7, 11) is 3.65. The number of ether oxygens (including phenoxy) is 2. The van der Waals surface area contributed by atoms with Gasteiger partial charge in [0.15, 0.2) is 28.9 Å². The quantitative estimate of drug-likeness (QED) is 0.158. The number of rotatable bonds is 11. The van der Waals surface area contributed by atoms with Crippen molar-refractivity contribution in [3.8, 4) is 5.75 Å². The second kappa shape index (κ2) is 13.3. The average molecular weight is 689 g/mol. The van der Waals surface area contributed by atoms with Crippen LogP contribution >= 0.6 is 6.64 Å². The molecule has 0 spiro atoms. The van der Waals surface area contributed by atoms with E-state index in [0.717, 1.165) is 10.8 Å². The molecule has 1 aliphatic rings. The SMILES string of the molecule is Cc1nc(N(C)C)c2ncn([C@@H]3O[C@H](CO[P@@](=S)(N[C@H](C)C(=O)OCC(C)(C)C)Oc4cccc5ccccc45)[C@@H](O)[C@@]3(C)F)c2n1. The van der Waals surface area contributed by atoms with Gasteiger partial charge < -0.3 is 28.5 Å². The molecule has 6 atom stereocenters. The molecule has 254 valence electrons. The van der Waals surface area contributed by atoms with Crippen molar-refractivity contribution in [1.29, 1.82) is 0 Å². The number of halogens is 1. The number of carbonyl (C=O) groups is 1. The van der Waals surface area contributed by atoms with E-state index in [1.54, 1.807) is 24.8 Å². The van der Waals surface area contributed by atoms with Gasteiger partial charge in [-0.2, -0.15) is 0 Å². The summed E-state index contributed by atoms with van der Waals surface area (Å²) in [5, 5.41) is 15.9. The van der Waals surface area contributed by atoms with Crippen LogP contribution in [0.15, 0.2) is 48.8 Å². The number of esters is 1. The van der Waals surface area contributed by atoms with Crippen LogP contribution in [0, 0.1) is 12.3 Å². The zero-order chi connectivity index (χ0) is 34.3. The maximum absolute atomic E-state index is 16.4. The molecule has 15 heteroatoms. The van der Waals surface area contributed by atoms with E-state index < -0.39 is 42.8 Å². The van der Waals surface area contributed by atoms with Gasteiger partial charge in [-0.3, -0.25) is 9.36 Å². The maximum atomic E-state index is 16.4. The fourth-order valence-electron chi connectivity index (χ4n) is 5.21. The van der Waals surface area contributed by atoms with E-state index in [9.17, 15) is 9.90 Å². The summed E-state index contributed by atoms with van der Waals surface area (Å²) < 4.78 is 42.0.